The molecule has 0 heterocycles. The number of aliphatic carboxylic acids is 2. The molecule has 0 saturated heterocycles. The van der Waals surface area contributed by atoms with E-state index in [0.717, 1.165) is 77.0 Å². The molecule has 3 aliphatic rings. The van der Waals surface area contributed by atoms with Crippen molar-refractivity contribution in [3.63, 3.8) is 0 Å². The third kappa shape index (κ3) is 10.9. The van der Waals surface area contributed by atoms with Gasteiger partial charge in [0.1, 0.15) is 12.1 Å². The Kier molecular flexibility index (Phi) is 14.4. The molecule has 0 spiro atoms. The molecule has 3 saturated carbocycles. The van der Waals surface area contributed by atoms with Crippen LogP contribution in [0.1, 0.15) is 93.9 Å². The monoisotopic (exact) mass is 493 g/mol. The summed E-state index contributed by atoms with van der Waals surface area (Å²) in [4.78, 5) is 33.6. The normalized spacial score (nSPS) is 23.9. The van der Waals surface area contributed by atoms with Crippen molar-refractivity contribution in [2.24, 2.45) is 29.4 Å². The van der Waals surface area contributed by atoms with Gasteiger partial charge in [0.05, 0.1) is 12.3 Å². The summed E-state index contributed by atoms with van der Waals surface area (Å²) in [7, 11) is 0. The molecule has 0 unspecified atom stereocenters. The standard InChI is InChI=1S/C17H26O4.C7H13NO2.CH4.ClH.H2/c1-2-3-4-9-13-10-15(13)21-16(18)11-14(17(19)20)12-7-5-6-8-12;8-6(7(9)10)5-3-1-2-4-5;;;/h2,12-15H,1,3-11H2,(H,19,20);5-6H,1-4,8H2,(H,9,10);1H4;2*1H/t13-,14+,15-;6-;;;/m10.../s1/i;;;;1+1D. The smallest absolute Gasteiger partial charge is 0.320 e. The number of carbonyl (C=O) groups is 3. The molecule has 0 aromatic heterocycles. The summed E-state index contributed by atoms with van der Waals surface area (Å²) < 4.78 is 15.4. The largest absolute Gasteiger partial charge is 0.481 e. The van der Waals surface area contributed by atoms with E-state index in [1.165, 1.54) is 0 Å². The number of carboxylic acid groups (broad SMARTS) is 2. The van der Waals surface area contributed by atoms with E-state index in [4.69, 9.17) is 18.5 Å². The van der Waals surface area contributed by atoms with Crippen molar-refractivity contribution >= 4 is 30.3 Å². The molecule has 0 aromatic rings. The summed E-state index contributed by atoms with van der Waals surface area (Å²) in [5, 5.41) is 17.8. The molecule has 4 N–H and O–H groups in total. The topological polar surface area (TPSA) is 127 Å². The van der Waals surface area contributed by atoms with Crippen LogP contribution in [-0.4, -0.2) is 40.3 Å². The molecular formula is C25H46ClNO6. The SMILES string of the molecule is C.C=CCCC[C@@H]1C[C@H]1OC(=O)C[C@H](C(=O)O)C1CCCC1.Cl.N[C@H](C(=O)O)C1CCCC1.[2H][2H]. The van der Waals surface area contributed by atoms with Crippen LogP contribution < -0.4 is 5.73 Å². The Morgan fingerprint density at radius 2 is 1.61 bits per heavy atom. The van der Waals surface area contributed by atoms with Crippen LogP contribution in [0.3, 0.4) is 0 Å². The van der Waals surface area contributed by atoms with Gasteiger partial charge in [-0.15, -0.1) is 19.0 Å². The van der Waals surface area contributed by atoms with Crippen LogP contribution in [0.2, 0.25) is 0 Å². The lowest BCUT2D eigenvalue weighted by molar-refractivity contribution is -0.154. The predicted molar refractivity (Wildman–Crippen MR) is 133 cm³/mol. The molecular weight excluding hydrogens is 446 g/mol. The third-order valence-electron chi connectivity index (χ3n) is 6.99. The highest BCUT2D eigenvalue weighted by Gasteiger charge is 2.41. The molecule has 4 atom stereocenters. The van der Waals surface area contributed by atoms with Gasteiger partial charge >= 0.3 is 17.9 Å². The highest BCUT2D eigenvalue weighted by molar-refractivity contribution is 5.85. The van der Waals surface area contributed by atoms with Crippen molar-refractivity contribution in [1.29, 1.82) is 0 Å². The van der Waals surface area contributed by atoms with Gasteiger partial charge in [-0.3, -0.25) is 14.4 Å². The van der Waals surface area contributed by atoms with Crippen LogP contribution in [0.5, 0.6) is 0 Å². The maximum absolute atomic E-state index is 11.9. The van der Waals surface area contributed by atoms with E-state index in [1.54, 1.807) is 0 Å². The average molecular weight is 494 g/mol. The van der Waals surface area contributed by atoms with Crippen LogP contribution in [-0.2, 0) is 19.1 Å². The summed E-state index contributed by atoms with van der Waals surface area (Å²) in [5.41, 5.74) is 5.42. The zero-order valence-corrected chi connectivity index (χ0v) is 19.8. The predicted octanol–water partition coefficient (Wildman–Crippen LogP) is 5.45. The van der Waals surface area contributed by atoms with Crippen LogP contribution >= 0.6 is 12.4 Å². The fourth-order valence-electron chi connectivity index (χ4n) is 4.92. The molecule has 3 fully saturated rings. The fraction of sp³-hybridized carbons (Fsp3) is 0.800. The molecule has 0 radical (unpaired) electrons. The first-order chi connectivity index (χ1) is 15.8. The van der Waals surface area contributed by atoms with Crippen molar-refractivity contribution in [3.05, 3.63) is 12.7 Å². The van der Waals surface area contributed by atoms with E-state index >= 15 is 0 Å². The average Bonchev–Trinajstić information content (AvgIpc) is 3.22. The Labute approximate surface area is 208 Å². The molecule has 0 bridgehead atoms. The number of halogens is 1. The van der Waals surface area contributed by atoms with E-state index in [-0.39, 0.29) is 50.2 Å². The van der Waals surface area contributed by atoms with Crippen LogP contribution in [0.15, 0.2) is 12.7 Å². The highest BCUT2D eigenvalue weighted by Crippen LogP contribution is 2.39. The van der Waals surface area contributed by atoms with E-state index in [1.807, 2.05) is 6.08 Å². The number of hydrogen-bond donors (Lipinski definition) is 3. The number of carbonyl (C=O) groups excluding carboxylic acids is 1. The Bertz CT molecular complexity index is 627. The first-order valence-corrected chi connectivity index (χ1v) is 11.8. The molecule has 194 valence electrons. The molecule has 3 aliphatic carbocycles. The van der Waals surface area contributed by atoms with Gasteiger partial charge in [0.2, 0.25) is 0 Å². The van der Waals surface area contributed by atoms with Gasteiger partial charge in [-0.1, -0.05) is 39.2 Å². The number of esters is 1. The molecule has 33 heavy (non-hydrogen) atoms. The van der Waals surface area contributed by atoms with Gasteiger partial charge < -0.3 is 20.7 Å². The van der Waals surface area contributed by atoms with Gasteiger partial charge in [-0.25, -0.2) is 0 Å². The number of allylic oxidation sites excluding steroid dienone is 1. The number of ether oxygens (including phenoxy) is 1. The number of nitrogens with two attached hydrogens (primary N) is 1. The summed E-state index contributed by atoms with van der Waals surface area (Å²) in [6, 6.07) is -0.623. The van der Waals surface area contributed by atoms with Gasteiger partial charge in [0.15, 0.2) is 0 Å². The summed E-state index contributed by atoms with van der Waals surface area (Å²) in [6.45, 7) is 3.69. The molecule has 0 aromatic carbocycles. The third-order valence-corrected chi connectivity index (χ3v) is 6.99. The van der Waals surface area contributed by atoms with E-state index in [2.05, 4.69) is 6.58 Å². The van der Waals surface area contributed by atoms with Crippen molar-refractivity contribution < 1.29 is 32.3 Å². The van der Waals surface area contributed by atoms with Crippen molar-refractivity contribution in [2.75, 3.05) is 0 Å². The summed E-state index contributed by atoms with van der Waals surface area (Å²) >= 11 is 0. The van der Waals surface area contributed by atoms with Crippen molar-refractivity contribution in [3.8, 4) is 0 Å². The van der Waals surface area contributed by atoms with Crippen LogP contribution in [0.4, 0.5) is 0 Å². The highest BCUT2D eigenvalue weighted by atomic mass is 35.5. The lowest BCUT2D eigenvalue weighted by atomic mass is 9.88. The maximum Gasteiger partial charge on any atom is 0.320 e. The minimum atomic E-state index is -0.855. The molecule has 3 rings (SSSR count). The second kappa shape index (κ2) is 16.1. The number of unbranched alkanes of at least 4 members (excludes halogenated alkanes) is 1. The first kappa shape index (κ1) is 29.4. The molecule has 7 nitrogen and oxygen atoms in total. The van der Waals surface area contributed by atoms with Gasteiger partial charge in [-0.2, -0.15) is 0 Å². The molecule has 0 amide bonds. The lowest BCUT2D eigenvalue weighted by Crippen LogP contribution is -2.36. The van der Waals surface area contributed by atoms with Crippen molar-refractivity contribution in [2.45, 2.75) is 103 Å². The zero-order valence-electron chi connectivity index (χ0n) is 21.0. The summed E-state index contributed by atoms with van der Waals surface area (Å²) in [6.07, 6.45) is 14.3. The zero-order chi connectivity index (χ0) is 24.8. The Morgan fingerprint density at radius 3 is 2.09 bits per heavy atom. The maximum atomic E-state index is 11.9. The molecule has 8 heteroatoms. The van der Waals surface area contributed by atoms with Gasteiger partial charge in [0.25, 0.3) is 0 Å². The lowest BCUT2D eigenvalue weighted by Gasteiger charge is -2.18. The Hall–Kier alpha value is -1.60. The first-order valence-electron chi connectivity index (χ1n) is 12.8. The van der Waals surface area contributed by atoms with E-state index in [0.29, 0.717) is 5.92 Å². The second-order valence-electron chi connectivity index (χ2n) is 9.35. The Balaban J connectivity index is 0. The van der Waals surface area contributed by atoms with Crippen LogP contribution in [0, 0.1) is 23.7 Å². The van der Waals surface area contributed by atoms with Crippen molar-refractivity contribution in [1.82, 2.24) is 0 Å². The number of rotatable bonds is 11. The number of hydrogen-bond acceptors (Lipinski definition) is 5. The fourth-order valence-corrected chi connectivity index (χ4v) is 4.92. The van der Waals surface area contributed by atoms with E-state index < -0.39 is 23.9 Å². The minimum absolute atomic E-state index is 0. The quantitative estimate of drug-likeness (QED) is 0.198. The van der Waals surface area contributed by atoms with Gasteiger partial charge in [0, 0.05) is 2.97 Å². The summed E-state index contributed by atoms with van der Waals surface area (Å²) in [5.74, 6) is -1.73. The minimum Gasteiger partial charge on any atom is -0.481 e. The van der Waals surface area contributed by atoms with E-state index in [9.17, 15) is 19.5 Å². The van der Waals surface area contributed by atoms with Gasteiger partial charge in [-0.05, 0) is 69.1 Å². The van der Waals surface area contributed by atoms with Crippen LogP contribution in [0.25, 0.3) is 0 Å². The molecule has 0 aliphatic heterocycles. The number of carboxylic acids is 2. The second-order valence-corrected chi connectivity index (χ2v) is 9.35. The Morgan fingerprint density at radius 1 is 1.06 bits per heavy atom.